The average molecular weight is 874 g/mol. The van der Waals surface area contributed by atoms with E-state index in [1.165, 1.54) is 65.2 Å². The predicted octanol–water partition coefficient (Wildman–Crippen LogP) is 6.85. The van der Waals surface area contributed by atoms with Crippen LogP contribution in [0.2, 0.25) is 0 Å². The molecule has 0 amide bonds. The standard InChI is InChI=1S/C47H55BN2O8S2.Na/c1-46(2)38-18-8-10-20-40(38)49(31-12-6-7-22-44(48)51)42(46)29-23-34-16-15-17-35(45(34)56-36-25-27-37(28-26-36)60(52,53)54)24-30-43-47(3,4)39-19-9-11-21-41(39)50(43)32-13-14-33-59-58-57-55-5;/h8-11,18-21,23-30H,6-7,12-17,22,31-33H2,1-5H3;/q;+1. The van der Waals surface area contributed by atoms with Crippen LogP contribution in [0, 0.1) is 0 Å². The van der Waals surface area contributed by atoms with Gasteiger partial charge in [0, 0.05) is 65.3 Å². The minimum Gasteiger partial charge on any atom is -0.744 e. The summed E-state index contributed by atoms with van der Waals surface area (Å²) in [4.78, 5) is 18.0. The minimum atomic E-state index is -4.62. The number of para-hydroxylation sites is 2. The molecule has 3 aliphatic rings. The minimum absolute atomic E-state index is 0. The molecule has 0 unspecified atom stereocenters. The predicted molar refractivity (Wildman–Crippen MR) is 237 cm³/mol. The van der Waals surface area contributed by atoms with Gasteiger partial charge in [0.1, 0.15) is 28.2 Å². The molecular formula is C47H55BN2NaO8S2+. The van der Waals surface area contributed by atoms with E-state index < -0.39 is 10.1 Å². The number of ether oxygens (including phenoxy) is 1. The van der Waals surface area contributed by atoms with Gasteiger partial charge in [0.15, 0.2) is 13.6 Å². The number of allylic oxidation sites excluding steroid dienone is 7. The summed E-state index contributed by atoms with van der Waals surface area (Å²) in [5.41, 5.74) is 8.51. The number of benzene rings is 3. The smallest absolute Gasteiger partial charge is 0.744 e. The zero-order chi connectivity index (χ0) is 42.9. The normalized spacial score (nSPS) is 18.2. The number of hydrogen-bond donors (Lipinski definition) is 0. The number of unbranched alkanes of at least 4 members (excludes halogenated alkanes) is 3. The van der Waals surface area contributed by atoms with E-state index in [0.717, 1.165) is 81.4 Å². The zero-order valence-electron chi connectivity index (χ0n) is 36.3. The molecule has 316 valence electrons. The molecule has 0 saturated carbocycles. The molecule has 0 aromatic heterocycles. The maximum atomic E-state index is 11.8. The second-order valence-corrected chi connectivity index (χ2v) is 18.6. The van der Waals surface area contributed by atoms with Gasteiger partial charge in [-0.3, -0.25) is 0 Å². The van der Waals surface area contributed by atoms with Crippen LogP contribution in [0.1, 0.15) is 96.6 Å². The van der Waals surface area contributed by atoms with Crippen LogP contribution < -0.4 is 39.2 Å². The van der Waals surface area contributed by atoms with Crippen molar-refractivity contribution >= 4 is 52.8 Å². The summed E-state index contributed by atoms with van der Waals surface area (Å²) >= 11 is 1.22. The Balaban J connectivity index is 0.00000704. The molecule has 2 aliphatic heterocycles. The molecule has 0 atom stereocenters. The van der Waals surface area contributed by atoms with Gasteiger partial charge in [-0.1, -0.05) is 61.4 Å². The van der Waals surface area contributed by atoms with Crippen molar-refractivity contribution < 1.29 is 70.9 Å². The van der Waals surface area contributed by atoms with Crippen molar-refractivity contribution in [2.45, 2.75) is 101 Å². The van der Waals surface area contributed by atoms with Gasteiger partial charge in [0.2, 0.25) is 5.69 Å². The molecule has 61 heavy (non-hydrogen) atoms. The van der Waals surface area contributed by atoms with Gasteiger partial charge in [0.05, 0.1) is 23.1 Å². The van der Waals surface area contributed by atoms with Crippen molar-refractivity contribution in [1.82, 2.24) is 0 Å². The topological polar surface area (TPSA) is 117 Å². The Morgan fingerprint density at radius 2 is 1.61 bits per heavy atom. The van der Waals surface area contributed by atoms with Crippen molar-refractivity contribution in [2.75, 3.05) is 30.9 Å². The fourth-order valence-corrected chi connectivity index (χ4v) is 9.48. The largest absolute Gasteiger partial charge is 1.00 e. The molecule has 3 aromatic carbocycles. The first-order chi connectivity index (χ1) is 28.7. The Morgan fingerprint density at radius 1 is 0.885 bits per heavy atom. The van der Waals surface area contributed by atoms with Crippen molar-refractivity contribution in [3.63, 3.8) is 0 Å². The molecule has 1 aliphatic carbocycles. The molecular weight excluding hydrogens is 818 g/mol. The number of carbonyl (C=O) groups excluding carboxylic acids is 1. The van der Waals surface area contributed by atoms with Gasteiger partial charge in [-0.2, -0.15) is 4.58 Å². The Bertz CT molecular complexity index is 2300. The summed E-state index contributed by atoms with van der Waals surface area (Å²) in [6.45, 7) is 10.7. The maximum absolute atomic E-state index is 11.8. The molecule has 6 rings (SSSR count). The number of fused-ring (bicyclic) bond motifs is 2. The van der Waals surface area contributed by atoms with Crippen molar-refractivity contribution in [2.24, 2.45) is 0 Å². The van der Waals surface area contributed by atoms with Crippen molar-refractivity contribution in [1.29, 1.82) is 0 Å². The van der Waals surface area contributed by atoms with Gasteiger partial charge >= 0.3 is 29.6 Å². The van der Waals surface area contributed by atoms with Gasteiger partial charge in [-0.15, -0.1) is 4.33 Å². The molecule has 14 heteroatoms. The van der Waals surface area contributed by atoms with Crippen LogP contribution in [0.15, 0.2) is 125 Å². The SMILES string of the molecule is [B]C(=O)CCCCC[N+]1=C(/C=C/C2=C(Oc3ccc(S(=O)(=O)[O-])cc3)C(=C/C=C3/N(CCCCSOOOC)c4ccccc4C3(C)C)/CCC2)C(C)(C)c2ccccc21.[Na+]. The van der Waals surface area contributed by atoms with Crippen LogP contribution in [0.4, 0.5) is 11.4 Å². The van der Waals surface area contributed by atoms with Crippen LogP contribution >= 0.6 is 12.0 Å². The zero-order valence-corrected chi connectivity index (χ0v) is 39.9. The third kappa shape index (κ3) is 11.9. The Morgan fingerprint density at radius 3 is 2.33 bits per heavy atom. The van der Waals surface area contributed by atoms with Crippen LogP contribution in [-0.2, 0) is 40.0 Å². The van der Waals surface area contributed by atoms with Crippen LogP contribution in [-0.4, -0.2) is 62.7 Å². The second-order valence-electron chi connectivity index (χ2n) is 16.4. The van der Waals surface area contributed by atoms with E-state index in [0.29, 0.717) is 17.9 Å². The van der Waals surface area contributed by atoms with Crippen molar-refractivity contribution in [3.05, 3.63) is 131 Å². The summed E-state index contributed by atoms with van der Waals surface area (Å²) < 4.78 is 49.4. The Kier molecular flexibility index (Phi) is 17.5. The van der Waals surface area contributed by atoms with Gasteiger partial charge in [-0.25, -0.2) is 13.3 Å². The number of hydrogen-bond acceptors (Lipinski definition) is 10. The third-order valence-electron chi connectivity index (χ3n) is 11.6. The summed E-state index contributed by atoms with van der Waals surface area (Å²) in [6, 6.07) is 22.8. The summed E-state index contributed by atoms with van der Waals surface area (Å²) in [7, 11) is 2.20. The molecule has 0 fully saturated rings. The molecule has 2 radical (unpaired) electrons. The Hall–Kier alpha value is -3.24. The van der Waals surface area contributed by atoms with Crippen LogP contribution in [0.3, 0.4) is 0 Å². The fourth-order valence-electron chi connectivity index (χ4n) is 8.52. The van der Waals surface area contributed by atoms with E-state index in [2.05, 4.69) is 120 Å². The van der Waals surface area contributed by atoms with E-state index in [4.69, 9.17) is 16.9 Å². The molecule has 0 N–H and O–H groups in total. The van der Waals surface area contributed by atoms with Crippen LogP contribution in [0.25, 0.3) is 0 Å². The first-order valence-corrected chi connectivity index (χ1v) is 23.0. The quantitative estimate of drug-likeness (QED) is 0.0227. The summed E-state index contributed by atoms with van der Waals surface area (Å²) in [6.07, 6.45) is 16.1. The van der Waals surface area contributed by atoms with Gasteiger partial charge < -0.3 is 19.0 Å². The number of nitrogens with zero attached hydrogens (tertiary/aromatic N) is 2. The third-order valence-corrected chi connectivity index (χ3v) is 13.1. The van der Waals surface area contributed by atoms with Crippen LogP contribution in [0.5, 0.6) is 5.75 Å². The summed E-state index contributed by atoms with van der Waals surface area (Å²) in [5, 5.41) is 4.53. The van der Waals surface area contributed by atoms with E-state index in [1.54, 1.807) is 12.1 Å². The molecule has 10 nitrogen and oxygen atoms in total. The van der Waals surface area contributed by atoms with Gasteiger partial charge in [-0.05, 0) is 124 Å². The number of rotatable bonds is 20. The van der Waals surface area contributed by atoms with Crippen molar-refractivity contribution in [3.8, 4) is 5.75 Å². The maximum Gasteiger partial charge on any atom is 1.00 e. The molecule has 0 spiro atoms. The van der Waals surface area contributed by atoms with Gasteiger partial charge in [0.25, 0.3) is 0 Å². The number of carbonyl (C=O) groups is 1. The molecule has 0 bridgehead atoms. The molecule has 3 aromatic rings. The summed E-state index contributed by atoms with van der Waals surface area (Å²) in [5.74, 6) is 1.91. The first kappa shape index (κ1) is 48.8. The number of anilines is 1. The van der Waals surface area contributed by atoms with E-state index >= 15 is 0 Å². The average Bonchev–Trinajstić information content (AvgIpc) is 3.57. The Labute approximate surface area is 389 Å². The monoisotopic (exact) mass is 873 g/mol. The molecule has 0 saturated heterocycles. The van der Waals surface area contributed by atoms with E-state index in [9.17, 15) is 17.8 Å². The fraction of sp³-hybridized carbons (Fsp3) is 0.404. The first-order valence-electron chi connectivity index (χ1n) is 20.7. The molecule has 2 heterocycles. The second kappa shape index (κ2) is 21.9. The van der Waals surface area contributed by atoms with E-state index in [-0.39, 0.29) is 51.0 Å². The van der Waals surface area contributed by atoms with E-state index in [1.807, 2.05) is 0 Å².